The molecule has 0 unspecified atom stereocenters. The molecule has 0 fully saturated rings. The van der Waals surface area contributed by atoms with E-state index in [-0.39, 0.29) is 0 Å². The second kappa shape index (κ2) is 15.2. The van der Waals surface area contributed by atoms with Gasteiger partial charge in [0.25, 0.3) is 0 Å². The van der Waals surface area contributed by atoms with E-state index in [1.807, 2.05) is 72.8 Å². The van der Waals surface area contributed by atoms with Gasteiger partial charge in [-0.05, 0) is 35.9 Å². The molecule has 0 bridgehead atoms. The number of nitrogens with one attached hydrogen (secondary N) is 1. The van der Waals surface area contributed by atoms with Crippen molar-refractivity contribution in [2.24, 2.45) is 0 Å². The maximum Gasteiger partial charge on any atom is 0.490 e. The SMILES string of the molecule is O=C(O)C(F)(F)F.O=C(O)C(F)(F)F.c1ccc(COc2cc(OCc3cccnc3)cc(-c3nc4ncccc4[nH]3)c2)cc1. The Hall–Kier alpha value is -5.67. The number of alkyl halides is 6. The molecule has 0 spiro atoms. The number of aromatic amines is 1. The number of aromatic nitrogens is 4. The van der Waals surface area contributed by atoms with Gasteiger partial charge in [-0.1, -0.05) is 36.4 Å². The van der Waals surface area contributed by atoms with Crippen molar-refractivity contribution < 1.29 is 55.6 Å². The molecule has 0 aliphatic rings. The van der Waals surface area contributed by atoms with E-state index < -0.39 is 24.3 Å². The van der Waals surface area contributed by atoms with Gasteiger partial charge in [0.2, 0.25) is 0 Å². The molecule has 5 aromatic rings. The Kier molecular flexibility index (Phi) is 11.4. The van der Waals surface area contributed by atoms with Crippen LogP contribution in [-0.2, 0) is 22.8 Å². The second-order valence-corrected chi connectivity index (χ2v) is 8.68. The third kappa shape index (κ3) is 11.2. The topological polar surface area (TPSA) is 148 Å². The summed E-state index contributed by atoms with van der Waals surface area (Å²) in [6.07, 6.45) is -4.90. The van der Waals surface area contributed by atoms with Crippen molar-refractivity contribution in [2.45, 2.75) is 25.6 Å². The number of rotatable bonds is 7. The van der Waals surface area contributed by atoms with Gasteiger partial charge < -0.3 is 24.7 Å². The zero-order chi connectivity index (χ0) is 33.0. The van der Waals surface area contributed by atoms with Crippen LogP contribution < -0.4 is 9.47 Å². The fourth-order valence-electron chi connectivity index (χ4n) is 3.25. The molecule has 10 nitrogen and oxygen atoms in total. The highest BCUT2D eigenvalue weighted by Gasteiger charge is 2.38. The number of ether oxygens (including phenoxy) is 2. The van der Waals surface area contributed by atoms with E-state index in [4.69, 9.17) is 29.3 Å². The standard InChI is InChI=1S/C25H20N4O2.2C2HF3O2/c1-2-6-18(7-3-1)16-30-21-12-20(24-28-23-9-5-11-27-25(23)29-24)13-22(14-21)31-17-19-8-4-10-26-15-19;2*3-2(4,5)1(6)7/h1-15H,16-17H2,(H,27,28,29);2*(H,6,7). The zero-order valence-corrected chi connectivity index (χ0v) is 22.7. The minimum atomic E-state index is -5.08. The number of aliphatic carboxylic acids is 2. The number of carbonyl (C=O) groups is 2. The van der Waals surface area contributed by atoms with E-state index in [0.717, 1.165) is 22.2 Å². The number of carboxylic acid groups (broad SMARTS) is 2. The Morgan fingerprint density at radius 3 is 1.78 bits per heavy atom. The normalized spacial score (nSPS) is 11.0. The highest BCUT2D eigenvalue weighted by atomic mass is 19.4. The summed E-state index contributed by atoms with van der Waals surface area (Å²) in [5, 5.41) is 14.2. The molecule has 2 aromatic carbocycles. The summed E-state index contributed by atoms with van der Waals surface area (Å²) in [6, 6.07) is 23.6. The van der Waals surface area contributed by atoms with Crippen LogP contribution in [0.4, 0.5) is 26.3 Å². The van der Waals surface area contributed by atoms with Crippen LogP contribution in [0.3, 0.4) is 0 Å². The fraction of sp³-hybridized carbons (Fsp3) is 0.138. The summed E-state index contributed by atoms with van der Waals surface area (Å²) in [4.78, 5) is 34.2. The lowest BCUT2D eigenvalue weighted by Crippen LogP contribution is -2.21. The van der Waals surface area contributed by atoms with Crippen LogP contribution in [0, 0.1) is 0 Å². The predicted octanol–water partition coefficient (Wildman–Crippen LogP) is 6.44. The summed E-state index contributed by atoms with van der Waals surface area (Å²) >= 11 is 0. The number of fused-ring (bicyclic) bond motifs is 1. The molecule has 0 aliphatic carbocycles. The molecule has 0 radical (unpaired) electrons. The first-order valence-corrected chi connectivity index (χ1v) is 12.5. The van der Waals surface area contributed by atoms with Crippen molar-refractivity contribution in [3.63, 3.8) is 0 Å². The first-order valence-electron chi connectivity index (χ1n) is 12.5. The molecule has 3 aromatic heterocycles. The largest absolute Gasteiger partial charge is 0.490 e. The fourth-order valence-corrected chi connectivity index (χ4v) is 3.25. The van der Waals surface area contributed by atoms with E-state index >= 15 is 0 Å². The summed E-state index contributed by atoms with van der Waals surface area (Å²) in [5.41, 5.74) is 4.51. The lowest BCUT2D eigenvalue weighted by atomic mass is 10.2. The number of carboxylic acids is 2. The zero-order valence-electron chi connectivity index (χ0n) is 22.7. The van der Waals surface area contributed by atoms with E-state index in [1.165, 1.54) is 0 Å². The first-order chi connectivity index (χ1) is 21.2. The van der Waals surface area contributed by atoms with Crippen molar-refractivity contribution in [3.8, 4) is 22.9 Å². The molecule has 45 heavy (non-hydrogen) atoms. The van der Waals surface area contributed by atoms with E-state index in [0.29, 0.717) is 36.2 Å². The van der Waals surface area contributed by atoms with Gasteiger partial charge in [-0.2, -0.15) is 26.3 Å². The van der Waals surface area contributed by atoms with Crippen LogP contribution in [0.25, 0.3) is 22.6 Å². The van der Waals surface area contributed by atoms with Crippen LogP contribution in [0.5, 0.6) is 11.5 Å². The van der Waals surface area contributed by atoms with E-state index in [9.17, 15) is 26.3 Å². The van der Waals surface area contributed by atoms with Crippen LogP contribution in [0.1, 0.15) is 11.1 Å². The molecular formula is C29H22F6N4O6. The molecule has 3 N–H and O–H groups in total. The number of benzene rings is 2. The summed E-state index contributed by atoms with van der Waals surface area (Å²) in [6.45, 7) is 0.880. The van der Waals surface area contributed by atoms with Crippen molar-refractivity contribution in [3.05, 3.63) is 103 Å². The van der Waals surface area contributed by atoms with E-state index in [1.54, 1.807) is 18.6 Å². The molecule has 3 heterocycles. The van der Waals surface area contributed by atoms with Gasteiger partial charge in [-0.25, -0.2) is 19.6 Å². The number of nitrogens with zero attached hydrogens (tertiary/aromatic N) is 3. The maximum absolute atomic E-state index is 10.6. The molecule has 0 amide bonds. The third-order valence-corrected chi connectivity index (χ3v) is 5.27. The Balaban J connectivity index is 0.000000331. The average Bonchev–Trinajstić information content (AvgIpc) is 3.44. The summed E-state index contributed by atoms with van der Waals surface area (Å²) in [7, 11) is 0. The highest BCUT2D eigenvalue weighted by molar-refractivity contribution is 5.76. The van der Waals surface area contributed by atoms with Gasteiger partial charge in [0.1, 0.15) is 30.5 Å². The van der Waals surface area contributed by atoms with Crippen LogP contribution >= 0.6 is 0 Å². The molecule has 0 saturated carbocycles. The van der Waals surface area contributed by atoms with Crippen molar-refractivity contribution >= 4 is 23.1 Å². The van der Waals surface area contributed by atoms with Gasteiger partial charge in [-0.15, -0.1) is 0 Å². The molecule has 16 heteroatoms. The van der Waals surface area contributed by atoms with Crippen molar-refractivity contribution in [1.82, 2.24) is 19.9 Å². The molecule has 0 atom stereocenters. The Morgan fingerprint density at radius 1 is 0.733 bits per heavy atom. The predicted molar refractivity (Wildman–Crippen MR) is 146 cm³/mol. The lowest BCUT2D eigenvalue weighted by Gasteiger charge is -2.12. The first kappa shape index (κ1) is 33.8. The minimum Gasteiger partial charge on any atom is -0.489 e. The van der Waals surface area contributed by atoms with Gasteiger partial charge >= 0.3 is 24.3 Å². The monoisotopic (exact) mass is 636 g/mol. The highest BCUT2D eigenvalue weighted by Crippen LogP contribution is 2.30. The number of hydrogen-bond donors (Lipinski definition) is 3. The molecule has 236 valence electrons. The Bertz CT molecular complexity index is 1580. The smallest absolute Gasteiger partial charge is 0.489 e. The van der Waals surface area contributed by atoms with Gasteiger partial charge in [0, 0.05) is 35.8 Å². The average molecular weight is 637 g/mol. The molecular weight excluding hydrogens is 614 g/mol. The lowest BCUT2D eigenvalue weighted by molar-refractivity contribution is -0.193. The van der Waals surface area contributed by atoms with Gasteiger partial charge in [0.15, 0.2) is 5.65 Å². The molecule has 0 aliphatic heterocycles. The van der Waals surface area contributed by atoms with Crippen LogP contribution in [-0.4, -0.2) is 54.4 Å². The number of pyridine rings is 2. The van der Waals surface area contributed by atoms with Crippen molar-refractivity contribution in [1.29, 1.82) is 0 Å². The number of imidazole rings is 1. The Labute approximate surface area is 249 Å². The number of hydrogen-bond acceptors (Lipinski definition) is 7. The van der Waals surface area contributed by atoms with Gasteiger partial charge in [0.05, 0.1) is 5.52 Å². The van der Waals surface area contributed by atoms with E-state index in [2.05, 4.69) is 19.9 Å². The summed E-state index contributed by atoms with van der Waals surface area (Å²) in [5.74, 6) is -3.40. The third-order valence-electron chi connectivity index (χ3n) is 5.27. The van der Waals surface area contributed by atoms with Crippen LogP contribution in [0.2, 0.25) is 0 Å². The minimum absolute atomic E-state index is 0.414. The van der Waals surface area contributed by atoms with Crippen LogP contribution in [0.15, 0.2) is 91.4 Å². The number of H-pyrrole nitrogens is 1. The second-order valence-electron chi connectivity index (χ2n) is 8.68. The Morgan fingerprint density at radius 2 is 1.27 bits per heavy atom. The number of halogens is 6. The molecule has 5 rings (SSSR count). The quantitative estimate of drug-likeness (QED) is 0.172. The molecule has 0 saturated heterocycles. The maximum atomic E-state index is 10.6. The van der Waals surface area contributed by atoms with Gasteiger partial charge in [-0.3, -0.25) is 4.98 Å². The summed E-state index contributed by atoms with van der Waals surface area (Å²) < 4.78 is 75.6. The van der Waals surface area contributed by atoms with Crippen molar-refractivity contribution in [2.75, 3.05) is 0 Å².